The van der Waals surface area contributed by atoms with E-state index in [1.165, 1.54) is 13.3 Å². The van der Waals surface area contributed by atoms with Crippen LogP contribution in [0.5, 0.6) is 0 Å². The van der Waals surface area contributed by atoms with Crippen molar-refractivity contribution in [3.63, 3.8) is 0 Å². The Hall–Kier alpha value is -0.570. The minimum absolute atomic E-state index is 0.0701. The molecular formula is C12H22O3. The van der Waals surface area contributed by atoms with Gasteiger partial charge in [0.2, 0.25) is 0 Å². The van der Waals surface area contributed by atoms with Gasteiger partial charge >= 0.3 is 5.97 Å². The average Bonchev–Trinajstić information content (AvgIpc) is 2.29. The van der Waals surface area contributed by atoms with Gasteiger partial charge in [0.25, 0.3) is 0 Å². The molecule has 2 atom stereocenters. The van der Waals surface area contributed by atoms with Gasteiger partial charge in [0.1, 0.15) is 0 Å². The largest absolute Gasteiger partial charge is 0.466 e. The molecule has 0 aromatic heterocycles. The second-order valence-electron chi connectivity index (χ2n) is 4.25. The van der Waals surface area contributed by atoms with E-state index < -0.39 is 18.0 Å². The minimum atomic E-state index is -1.53. The number of rotatable bonds is 4. The molecule has 2 unspecified atom stereocenters. The van der Waals surface area contributed by atoms with Crippen molar-refractivity contribution in [2.24, 2.45) is 11.8 Å². The Morgan fingerprint density at radius 1 is 1.53 bits per heavy atom. The molecule has 1 aliphatic rings. The molecule has 15 heavy (non-hydrogen) atoms. The predicted molar refractivity (Wildman–Crippen MR) is 58.4 cm³/mol. The molecule has 1 N–H and O–H groups in total. The molecule has 1 rings (SSSR count). The van der Waals surface area contributed by atoms with Gasteiger partial charge in [0, 0.05) is 1.37 Å². The molecule has 88 valence electrons. The molecular weight excluding hydrogens is 192 g/mol. The van der Waals surface area contributed by atoms with Gasteiger partial charge in [-0.15, -0.1) is 0 Å². The van der Waals surface area contributed by atoms with Crippen LogP contribution < -0.4 is 0 Å². The van der Waals surface area contributed by atoms with Crippen LogP contribution in [-0.2, 0) is 9.53 Å². The zero-order chi connectivity index (χ0) is 12.2. The maximum atomic E-state index is 11.6. The lowest BCUT2D eigenvalue weighted by Crippen LogP contribution is -2.34. The molecule has 0 aromatic rings. The van der Waals surface area contributed by atoms with Gasteiger partial charge in [0.15, 0.2) is 0 Å². The summed E-state index contributed by atoms with van der Waals surface area (Å²) in [7, 11) is 0. The lowest BCUT2D eigenvalue weighted by Gasteiger charge is -2.29. The Balaban J connectivity index is 2.61. The highest BCUT2D eigenvalue weighted by atomic mass is 16.5. The van der Waals surface area contributed by atoms with Crippen molar-refractivity contribution in [3.05, 3.63) is 0 Å². The molecule has 0 bridgehead atoms. The van der Waals surface area contributed by atoms with Crippen LogP contribution in [0.2, 0.25) is 0 Å². The highest BCUT2D eigenvalue weighted by Crippen LogP contribution is 2.29. The third-order valence-electron chi connectivity index (χ3n) is 3.14. The zero-order valence-corrected chi connectivity index (χ0v) is 9.66. The van der Waals surface area contributed by atoms with Crippen LogP contribution in [0.3, 0.4) is 0 Å². The molecule has 0 amide bonds. The number of esters is 1. The van der Waals surface area contributed by atoms with Gasteiger partial charge < -0.3 is 9.84 Å². The lowest BCUT2D eigenvalue weighted by molar-refractivity contribution is -0.152. The predicted octanol–water partition coefficient (Wildman–Crippen LogP) is 2.13. The Bertz CT molecular complexity index is 234. The number of aliphatic hydroxyl groups excluding tert-OH is 1. The molecule has 3 heteroatoms. The first-order chi connectivity index (χ1) is 7.50. The van der Waals surface area contributed by atoms with Crippen LogP contribution in [0.1, 0.15) is 47.3 Å². The minimum Gasteiger partial charge on any atom is -0.466 e. The fourth-order valence-corrected chi connectivity index (χ4v) is 2.17. The van der Waals surface area contributed by atoms with E-state index in [1.54, 1.807) is 6.92 Å². The van der Waals surface area contributed by atoms with Gasteiger partial charge in [0.05, 0.1) is 18.6 Å². The summed E-state index contributed by atoms with van der Waals surface area (Å²) in [6.45, 7) is 3.41. The maximum Gasteiger partial charge on any atom is 0.311 e. The summed E-state index contributed by atoms with van der Waals surface area (Å²) < 4.78 is 12.8. The Morgan fingerprint density at radius 2 is 2.13 bits per heavy atom. The number of hydrogen-bond acceptors (Lipinski definition) is 3. The van der Waals surface area contributed by atoms with Gasteiger partial charge in [-0.25, -0.2) is 0 Å². The number of carbonyl (C=O) groups excluding carboxylic acids is 1. The molecule has 0 heterocycles. The van der Waals surface area contributed by atoms with Crippen LogP contribution in [0.25, 0.3) is 0 Å². The van der Waals surface area contributed by atoms with E-state index in [0.29, 0.717) is 0 Å². The second-order valence-corrected chi connectivity index (χ2v) is 4.25. The van der Waals surface area contributed by atoms with Crippen molar-refractivity contribution in [2.75, 3.05) is 6.61 Å². The number of ether oxygens (including phenoxy) is 1. The Morgan fingerprint density at radius 3 is 2.67 bits per heavy atom. The van der Waals surface area contributed by atoms with E-state index in [9.17, 15) is 9.90 Å². The van der Waals surface area contributed by atoms with Crippen LogP contribution in [0.4, 0.5) is 0 Å². The maximum absolute atomic E-state index is 11.6. The van der Waals surface area contributed by atoms with Crippen molar-refractivity contribution in [1.29, 1.82) is 0 Å². The van der Waals surface area contributed by atoms with Crippen LogP contribution in [-0.4, -0.2) is 23.8 Å². The van der Waals surface area contributed by atoms with Crippen molar-refractivity contribution in [2.45, 2.75) is 52.1 Å². The normalized spacial score (nSPS) is 25.1. The standard InChI is InChI=1S/C12H22O3/c1-3-15-12(14)9(2)11(13)10-7-5-4-6-8-10/h9-11,13H,3-8H2,1-2H3/i9D. The van der Waals surface area contributed by atoms with E-state index >= 15 is 0 Å². The highest BCUT2D eigenvalue weighted by Gasteiger charge is 2.30. The van der Waals surface area contributed by atoms with Crippen molar-refractivity contribution in [3.8, 4) is 0 Å². The summed E-state index contributed by atoms with van der Waals surface area (Å²) in [6, 6.07) is 0. The summed E-state index contributed by atoms with van der Waals surface area (Å²) in [5, 5.41) is 10.1. The van der Waals surface area contributed by atoms with Crippen molar-refractivity contribution < 1.29 is 16.0 Å². The van der Waals surface area contributed by atoms with Crippen molar-refractivity contribution >= 4 is 5.97 Å². The SMILES string of the molecule is [2H]C(C)(C(=O)OCC)C(O)C1CCCCC1. The smallest absolute Gasteiger partial charge is 0.311 e. The average molecular weight is 215 g/mol. The second kappa shape index (κ2) is 6.11. The highest BCUT2D eigenvalue weighted by molar-refractivity contribution is 5.72. The Kier molecular flexibility index (Phi) is 4.45. The zero-order valence-electron chi connectivity index (χ0n) is 10.7. The first-order valence-electron chi connectivity index (χ1n) is 6.35. The molecule has 1 aliphatic carbocycles. The van der Waals surface area contributed by atoms with E-state index in [0.717, 1.165) is 25.7 Å². The Labute approximate surface area is 93.2 Å². The first kappa shape index (κ1) is 10.9. The molecule has 1 saturated carbocycles. The van der Waals surface area contributed by atoms with Crippen LogP contribution >= 0.6 is 0 Å². The van der Waals surface area contributed by atoms with Gasteiger partial charge in [-0.1, -0.05) is 19.3 Å². The lowest BCUT2D eigenvalue weighted by atomic mass is 9.81. The fraction of sp³-hybridized carbons (Fsp3) is 0.917. The van der Waals surface area contributed by atoms with Crippen LogP contribution in [0, 0.1) is 11.8 Å². The molecule has 0 radical (unpaired) electrons. The monoisotopic (exact) mass is 215 g/mol. The third kappa shape index (κ3) is 3.49. The van der Waals surface area contributed by atoms with Crippen LogP contribution in [0.15, 0.2) is 0 Å². The van der Waals surface area contributed by atoms with E-state index in [1.807, 2.05) is 0 Å². The van der Waals surface area contributed by atoms with Crippen molar-refractivity contribution in [1.82, 2.24) is 0 Å². The fourth-order valence-electron chi connectivity index (χ4n) is 2.17. The van der Waals surface area contributed by atoms with Gasteiger partial charge in [-0.2, -0.15) is 0 Å². The molecule has 1 fully saturated rings. The third-order valence-corrected chi connectivity index (χ3v) is 3.14. The molecule has 0 aromatic carbocycles. The molecule has 0 spiro atoms. The van der Waals surface area contributed by atoms with Gasteiger partial charge in [-0.05, 0) is 32.6 Å². The molecule has 3 nitrogen and oxygen atoms in total. The first-order valence-corrected chi connectivity index (χ1v) is 5.85. The summed E-state index contributed by atoms with van der Waals surface area (Å²) >= 11 is 0. The van der Waals surface area contributed by atoms with Gasteiger partial charge in [-0.3, -0.25) is 4.79 Å². The van der Waals surface area contributed by atoms with E-state index in [4.69, 9.17) is 6.11 Å². The summed E-state index contributed by atoms with van der Waals surface area (Å²) in [5.74, 6) is -2.08. The summed E-state index contributed by atoms with van der Waals surface area (Å²) in [6.07, 6.45) is 4.27. The summed E-state index contributed by atoms with van der Waals surface area (Å²) in [5.41, 5.74) is 0. The topological polar surface area (TPSA) is 46.5 Å². The number of hydrogen-bond donors (Lipinski definition) is 1. The van der Waals surface area contributed by atoms with E-state index in [2.05, 4.69) is 0 Å². The summed E-state index contributed by atoms with van der Waals surface area (Å²) in [4.78, 5) is 11.6. The van der Waals surface area contributed by atoms with E-state index in [-0.39, 0.29) is 12.5 Å². The number of aliphatic hydroxyl groups is 1. The molecule has 0 saturated heterocycles. The molecule has 0 aliphatic heterocycles. The quantitative estimate of drug-likeness (QED) is 0.731. The number of carbonyl (C=O) groups is 1.